The van der Waals surface area contributed by atoms with Crippen molar-refractivity contribution in [1.82, 2.24) is 14.8 Å². The molecule has 2 amide bonds. The molecular weight excluding hydrogens is 400 g/mol. The Labute approximate surface area is 179 Å². The van der Waals surface area contributed by atoms with Crippen molar-refractivity contribution < 1.29 is 18.4 Å². The Bertz CT molecular complexity index is 1030. The van der Waals surface area contributed by atoms with Gasteiger partial charge in [-0.15, -0.1) is 0 Å². The third-order valence-corrected chi connectivity index (χ3v) is 8.23. The lowest BCUT2D eigenvalue weighted by atomic mass is 9.49. The highest BCUT2D eigenvalue weighted by Gasteiger charge is 2.55. The van der Waals surface area contributed by atoms with E-state index in [4.69, 9.17) is 0 Å². The van der Waals surface area contributed by atoms with Crippen LogP contribution in [0, 0.1) is 34.8 Å². The SMILES string of the molecule is O=C(c1cc2c(F)cc(F)cc2[nH]1)N1CCN(C(=O)C23CC4CC(CC(C4)C2)C3)CC1. The Morgan fingerprint density at radius 2 is 1.45 bits per heavy atom. The summed E-state index contributed by atoms with van der Waals surface area (Å²) in [6, 6.07) is 3.45. The van der Waals surface area contributed by atoms with Crippen molar-refractivity contribution in [3.05, 3.63) is 35.5 Å². The van der Waals surface area contributed by atoms with Crippen molar-refractivity contribution in [3.63, 3.8) is 0 Å². The van der Waals surface area contributed by atoms with Crippen LogP contribution in [0.25, 0.3) is 10.9 Å². The zero-order valence-electron chi connectivity index (χ0n) is 17.5. The number of nitrogens with zero attached hydrogens (tertiary/aromatic N) is 2. The molecule has 1 aromatic carbocycles. The van der Waals surface area contributed by atoms with Gasteiger partial charge in [-0.25, -0.2) is 8.78 Å². The molecule has 0 spiro atoms. The highest BCUT2D eigenvalue weighted by molar-refractivity contribution is 5.98. The first-order chi connectivity index (χ1) is 14.9. The number of aromatic nitrogens is 1. The molecule has 7 heteroatoms. The number of carbonyl (C=O) groups is 2. The van der Waals surface area contributed by atoms with E-state index in [9.17, 15) is 18.4 Å². The second-order valence-corrected chi connectivity index (χ2v) is 10.3. The van der Waals surface area contributed by atoms with Crippen LogP contribution < -0.4 is 0 Å². The lowest BCUT2D eigenvalue weighted by molar-refractivity contribution is -0.159. The van der Waals surface area contributed by atoms with Crippen LogP contribution in [0.3, 0.4) is 0 Å². The second kappa shape index (κ2) is 6.78. The van der Waals surface area contributed by atoms with Gasteiger partial charge in [0.25, 0.3) is 5.91 Å². The number of nitrogens with one attached hydrogen (secondary N) is 1. The normalized spacial score (nSPS) is 32.1. The lowest BCUT2D eigenvalue weighted by Gasteiger charge is -2.57. The molecule has 2 aromatic rings. The predicted octanol–water partition coefficient (Wildman–Crippen LogP) is 3.95. The summed E-state index contributed by atoms with van der Waals surface area (Å²) in [4.78, 5) is 33.0. The van der Waals surface area contributed by atoms with Gasteiger partial charge in [-0.2, -0.15) is 0 Å². The van der Waals surface area contributed by atoms with Crippen LogP contribution in [0.5, 0.6) is 0 Å². The predicted molar refractivity (Wildman–Crippen MR) is 111 cm³/mol. The number of halogens is 2. The van der Waals surface area contributed by atoms with Crippen molar-refractivity contribution in [1.29, 1.82) is 0 Å². The van der Waals surface area contributed by atoms with Crippen LogP contribution in [-0.2, 0) is 4.79 Å². The third kappa shape index (κ3) is 3.07. The van der Waals surface area contributed by atoms with Gasteiger partial charge in [-0.05, 0) is 68.4 Å². The largest absolute Gasteiger partial charge is 0.350 e. The smallest absolute Gasteiger partial charge is 0.270 e. The van der Waals surface area contributed by atoms with Crippen molar-refractivity contribution >= 4 is 22.7 Å². The molecule has 5 aliphatic rings. The van der Waals surface area contributed by atoms with E-state index >= 15 is 0 Å². The standard InChI is InChI=1S/C24H27F2N3O2/c25-17-8-19(26)18-10-21(27-20(18)9-17)22(30)28-1-3-29(4-2-28)23(31)24-11-14-5-15(12-24)7-16(6-14)13-24/h8-10,14-16,27H,1-7,11-13H2. The molecule has 5 fully saturated rings. The fourth-order valence-corrected chi connectivity index (χ4v) is 7.27. The molecule has 0 atom stereocenters. The summed E-state index contributed by atoms with van der Waals surface area (Å²) >= 11 is 0. The number of rotatable bonds is 2. The van der Waals surface area contributed by atoms with Gasteiger partial charge in [-0.1, -0.05) is 0 Å². The maximum Gasteiger partial charge on any atom is 0.270 e. The number of H-pyrrole nitrogens is 1. The summed E-state index contributed by atoms with van der Waals surface area (Å²) in [7, 11) is 0. The van der Waals surface area contributed by atoms with E-state index in [0.717, 1.165) is 43.1 Å². The maximum atomic E-state index is 14.0. The summed E-state index contributed by atoms with van der Waals surface area (Å²) in [6.45, 7) is 2.00. The molecular formula is C24H27F2N3O2. The molecule has 4 aliphatic carbocycles. The molecule has 7 rings (SSSR count). The van der Waals surface area contributed by atoms with Gasteiger partial charge in [0.2, 0.25) is 5.91 Å². The first-order valence-corrected chi connectivity index (χ1v) is 11.5. The van der Waals surface area contributed by atoms with Gasteiger partial charge in [-0.3, -0.25) is 9.59 Å². The summed E-state index contributed by atoms with van der Waals surface area (Å²) in [5.74, 6) is 0.889. The monoisotopic (exact) mass is 427 g/mol. The molecule has 0 unspecified atom stereocenters. The summed E-state index contributed by atoms with van der Waals surface area (Å²) in [5.41, 5.74) is 0.372. The molecule has 1 aromatic heterocycles. The number of benzene rings is 1. The van der Waals surface area contributed by atoms with Gasteiger partial charge < -0.3 is 14.8 Å². The Balaban J connectivity index is 1.14. The minimum atomic E-state index is -0.684. The number of amides is 2. The molecule has 164 valence electrons. The first kappa shape index (κ1) is 19.3. The Hall–Kier alpha value is -2.44. The van der Waals surface area contributed by atoms with Crippen molar-refractivity contribution in [2.75, 3.05) is 26.2 Å². The summed E-state index contributed by atoms with van der Waals surface area (Å²) < 4.78 is 27.4. The average Bonchev–Trinajstić information content (AvgIpc) is 3.16. The van der Waals surface area contributed by atoms with Gasteiger partial charge in [0, 0.05) is 37.6 Å². The van der Waals surface area contributed by atoms with E-state index in [1.54, 1.807) is 4.90 Å². The van der Waals surface area contributed by atoms with Crippen LogP contribution in [0.4, 0.5) is 8.78 Å². The molecule has 4 saturated carbocycles. The van der Waals surface area contributed by atoms with Crippen LogP contribution in [-0.4, -0.2) is 52.8 Å². The van der Waals surface area contributed by atoms with Gasteiger partial charge in [0.1, 0.15) is 17.3 Å². The quantitative estimate of drug-likeness (QED) is 0.789. The van der Waals surface area contributed by atoms with Crippen LogP contribution in [0.2, 0.25) is 0 Å². The highest BCUT2D eigenvalue weighted by Crippen LogP contribution is 2.60. The summed E-state index contributed by atoms with van der Waals surface area (Å²) in [6.07, 6.45) is 7.08. The van der Waals surface area contributed by atoms with E-state index < -0.39 is 11.6 Å². The fraction of sp³-hybridized carbons (Fsp3) is 0.583. The van der Waals surface area contributed by atoms with E-state index in [-0.39, 0.29) is 27.9 Å². The average molecular weight is 427 g/mol. The molecule has 2 heterocycles. The maximum absolute atomic E-state index is 14.0. The number of hydrogen-bond donors (Lipinski definition) is 1. The Morgan fingerprint density at radius 3 is 2.06 bits per heavy atom. The molecule has 4 bridgehead atoms. The second-order valence-electron chi connectivity index (χ2n) is 10.3. The highest BCUT2D eigenvalue weighted by atomic mass is 19.1. The lowest BCUT2D eigenvalue weighted by Crippen LogP contribution is -2.58. The van der Waals surface area contributed by atoms with Crippen LogP contribution in [0.1, 0.15) is 49.0 Å². The van der Waals surface area contributed by atoms with Crippen molar-refractivity contribution in [2.24, 2.45) is 23.2 Å². The number of piperazine rings is 1. The number of carbonyl (C=O) groups excluding carboxylic acids is 2. The first-order valence-electron chi connectivity index (χ1n) is 11.5. The minimum absolute atomic E-state index is 0.153. The van der Waals surface area contributed by atoms with Gasteiger partial charge in [0.15, 0.2) is 0 Å². The van der Waals surface area contributed by atoms with Gasteiger partial charge >= 0.3 is 0 Å². The molecule has 1 saturated heterocycles. The van der Waals surface area contributed by atoms with Gasteiger partial charge in [0.05, 0.1) is 10.9 Å². The minimum Gasteiger partial charge on any atom is -0.350 e. The van der Waals surface area contributed by atoms with Crippen molar-refractivity contribution in [2.45, 2.75) is 38.5 Å². The number of fused-ring (bicyclic) bond motifs is 1. The Morgan fingerprint density at radius 1 is 0.871 bits per heavy atom. The van der Waals surface area contributed by atoms with E-state index in [2.05, 4.69) is 4.98 Å². The van der Waals surface area contributed by atoms with Crippen molar-refractivity contribution in [3.8, 4) is 0 Å². The van der Waals surface area contributed by atoms with E-state index in [1.165, 1.54) is 31.4 Å². The zero-order valence-corrected chi connectivity index (χ0v) is 17.5. The summed E-state index contributed by atoms with van der Waals surface area (Å²) in [5, 5.41) is 0.209. The number of hydrogen-bond acceptors (Lipinski definition) is 2. The fourth-order valence-electron chi connectivity index (χ4n) is 7.27. The topological polar surface area (TPSA) is 56.4 Å². The molecule has 1 aliphatic heterocycles. The molecule has 0 radical (unpaired) electrons. The van der Waals surface area contributed by atoms with E-state index in [0.29, 0.717) is 32.1 Å². The molecule has 5 nitrogen and oxygen atoms in total. The molecule has 31 heavy (non-hydrogen) atoms. The molecule has 1 N–H and O–H groups in total. The zero-order chi connectivity index (χ0) is 21.3. The third-order valence-electron chi connectivity index (χ3n) is 8.23. The number of aromatic amines is 1. The van der Waals surface area contributed by atoms with E-state index in [1.807, 2.05) is 4.90 Å². The van der Waals surface area contributed by atoms with Crippen LogP contribution in [0.15, 0.2) is 18.2 Å². The Kier molecular flexibility index (Phi) is 4.21. The van der Waals surface area contributed by atoms with Crippen LogP contribution >= 0.6 is 0 Å².